The maximum Gasteiger partial charge on any atom is 0.254 e. The van der Waals surface area contributed by atoms with E-state index in [1.807, 2.05) is 31.3 Å². The van der Waals surface area contributed by atoms with Crippen LogP contribution in [-0.2, 0) is 7.05 Å². The summed E-state index contributed by atoms with van der Waals surface area (Å²) >= 11 is 0. The number of fused-ring (bicyclic) bond motifs is 1. The summed E-state index contributed by atoms with van der Waals surface area (Å²) in [5.74, 6) is -0.130. The maximum absolute atomic E-state index is 12.5. The van der Waals surface area contributed by atoms with Crippen molar-refractivity contribution in [3.8, 4) is 0 Å². The van der Waals surface area contributed by atoms with Gasteiger partial charge in [0.15, 0.2) is 0 Å². The molecular formula is C15H19N3O2. The quantitative estimate of drug-likeness (QED) is 0.897. The molecule has 5 nitrogen and oxygen atoms in total. The number of nitrogens with one attached hydrogen (secondary N) is 1. The molecule has 0 aliphatic heterocycles. The second kappa shape index (κ2) is 5.88. The highest BCUT2D eigenvalue weighted by Crippen LogP contribution is 2.17. The highest BCUT2D eigenvalue weighted by atomic mass is 16.2. The molecular weight excluding hydrogens is 254 g/mol. The molecule has 1 amide bonds. The molecule has 0 saturated heterocycles. The van der Waals surface area contributed by atoms with Crippen LogP contribution in [0.5, 0.6) is 0 Å². The number of aryl methyl sites for hydroxylation is 1. The van der Waals surface area contributed by atoms with E-state index in [9.17, 15) is 9.59 Å². The first-order valence-electron chi connectivity index (χ1n) is 6.55. The van der Waals surface area contributed by atoms with Gasteiger partial charge in [0.2, 0.25) is 0 Å². The lowest BCUT2D eigenvalue weighted by atomic mass is 10.1. The molecule has 1 heterocycles. The van der Waals surface area contributed by atoms with E-state index in [1.54, 1.807) is 23.6 Å². The molecule has 2 rings (SSSR count). The number of para-hydroxylation sites is 1. The summed E-state index contributed by atoms with van der Waals surface area (Å²) in [6.45, 7) is 1.31. The molecule has 0 spiro atoms. The predicted molar refractivity (Wildman–Crippen MR) is 80.1 cm³/mol. The molecule has 5 heteroatoms. The highest BCUT2D eigenvalue weighted by molar-refractivity contribution is 6.06. The smallest absolute Gasteiger partial charge is 0.254 e. The second-order valence-corrected chi connectivity index (χ2v) is 4.80. The van der Waals surface area contributed by atoms with Crippen LogP contribution in [0.2, 0.25) is 0 Å². The lowest BCUT2D eigenvalue weighted by Crippen LogP contribution is -2.34. The Morgan fingerprint density at radius 1 is 1.35 bits per heavy atom. The number of pyridine rings is 1. The largest absolute Gasteiger partial charge is 0.340 e. The zero-order valence-electron chi connectivity index (χ0n) is 12.0. The van der Waals surface area contributed by atoms with E-state index >= 15 is 0 Å². The Hall–Kier alpha value is -2.14. The van der Waals surface area contributed by atoms with Crippen molar-refractivity contribution < 1.29 is 4.79 Å². The summed E-state index contributed by atoms with van der Waals surface area (Å²) in [5.41, 5.74) is 1.06. The number of benzene rings is 1. The van der Waals surface area contributed by atoms with E-state index in [2.05, 4.69) is 5.32 Å². The van der Waals surface area contributed by atoms with Crippen molar-refractivity contribution in [2.75, 3.05) is 27.2 Å². The third kappa shape index (κ3) is 2.58. The van der Waals surface area contributed by atoms with Crippen molar-refractivity contribution >= 4 is 16.8 Å². The van der Waals surface area contributed by atoms with Crippen molar-refractivity contribution in [3.63, 3.8) is 0 Å². The molecule has 0 aliphatic carbocycles. The SMILES string of the molecule is CNCCN(C)C(=O)c1cc(=O)n(C)c2ccccc12. The fourth-order valence-corrected chi connectivity index (χ4v) is 2.17. The number of hydrogen-bond acceptors (Lipinski definition) is 3. The zero-order chi connectivity index (χ0) is 14.7. The van der Waals surface area contributed by atoms with E-state index < -0.39 is 0 Å². The maximum atomic E-state index is 12.5. The van der Waals surface area contributed by atoms with E-state index in [0.29, 0.717) is 18.7 Å². The van der Waals surface area contributed by atoms with Gasteiger partial charge in [0.05, 0.1) is 11.1 Å². The Balaban J connectivity index is 2.52. The van der Waals surface area contributed by atoms with Gasteiger partial charge in [-0.3, -0.25) is 9.59 Å². The second-order valence-electron chi connectivity index (χ2n) is 4.80. The minimum absolute atomic E-state index is 0.130. The average Bonchev–Trinajstić information content (AvgIpc) is 2.47. The summed E-state index contributed by atoms with van der Waals surface area (Å²) in [5, 5.41) is 3.80. The van der Waals surface area contributed by atoms with Gasteiger partial charge in [-0.1, -0.05) is 18.2 Å². The number of rotatable bonds is 4. The van der Waals surface area contributed by atoms with Crippen molar-refractivity contribution in [1.29, 1.82) is 0 Å². The van der Waals surface area contributed by atoms with Crippen molar-refractivity contribution in [3.05, 3.63) is 46.2 Å². The van der Waals surface area contributed by atoms with Gasteiger partial charge < -0.3 is 14.8 Å². The molecule has 1 aromatic carbocycles. The Bertz CT molecular complexity index is 691. The molecule has 0 radical (unpaired) electrons. The fraction of sp³-hybridized carbons (Fsp3) is 0.333. The molecule has 1 aromatic heterocycles. The molecule has 1 N–H and O–H groups in total. The zero-order valence-corrected chi connectivity index (χ0v) is 12.0. The third-order valence-electron chi connectivity index (χ3n) is 3.43. The van der Waals surface area contributed by atoms with Crippen LogP contribution >= 0.6 is 0 Å². The summed E-state index contributed by atoms with van der Waals surface area (Å²) < 4.78 is 1.56. The van der Waals surface area contributed by atoms with Gasteiger partial charge in [-0.25, -0.2) is 0 Å². The lowest BCUT2D eigenvalue weighted by Gasteiger charge is -2.18. The Labute approximate surface area is 117 Å². The van der Waals surface area contributed by atoms with Crippen molar-refractivity contribution in [2.24, 2.45) is 7.05 Å². The van der Waals surface area contributed by atoms with Gasteiger partial charge >= 0.3 is 0 Å². The first kappa shape index (κ1) is 14.3. The average molecular weight is 273 g/mol. The van der Waals surface area contributed by atoms with Crippen LogP contribution < -0.4 is 10.9 Å². The third-order valence-corrected chi connectivity index (χ3v) is 3.43. The van der Waals surface area contributed by atoms with Crippen LogP contribution in [0.15, 0.2) is 35.1 Å². The minimum atomic E-state index is -0.172. The molecule has 20 heavy (non-hydrogen) atoms. The number of carbonyl (C=O) groups excluding carboxylic acids is 1. The molecule has 0 aliphatic rings. The Kier molecular flexibility index (Phi) is 4.20. The van der Waals surface area contributed by atoms with Crippen LogP contribution in [0.3, 0.4) is 0 Å². The van der Waals surface area contributed by atoms with Gasteiger partial charge in [-0.15, -0.1) is 0 Å². The van der Waals surface area contributed by atoms with Gasteiger partial charge in [0.1, 0.15) is 0 Å². The standard InChI is InChI=1S/C15H19N3O2/c1-16-8-9-17(2)15(20)12-10-14(19)18(3)13-7-5-4-6-11(12)13/h4-7,10,16H,8-9H2,1-3H3. The van der Waals surface area contributed by atoms with Crippen LogP contribution in [0.25, 0.3) is 10.9 Å². The topological polar surface area (TPSA) is 54.3 Å². The lowest BCUT2D eigenvalue weighted by molar-refractivity contribution is 0.0798. The van der Waals surface area contributed by atoms with Crippen molar-refractivity contribution in [1.82, 2.24) is 14.8 Å². The molecule has 0 atom stereocenters. The van der Waals surface area contributed by atoms with Gasteiger partial charge in [0, 0.05) is 38.6 Å². The van der Waals surface area contributed by atoms with Crippen LogP contribution in [0, 0.1) is 0 Å². The van der Waals surface area contributed by atoms with Gasteiger partial charge in [-0.05, 0) is 13.1 Å². The van der Waals surface area contributed by atoms with E-state index in [-0.39, 0.29) is 11.5 Å². The van der Waals surface area contributed by atoms with Crippen LogP contribution in [-0.4, -0.2) is 42.6 Å². The first-order valence-corrected chi connectivity index (χ1v) is 6.55. The number of aromatic nitrogens is 1. The molecule has 2 aromatic rings. The van der Waals surface area contributed by atoms with Crippen LogP contribution in [0.4, 0.5) is 0 Å². The fourth-order valence-electron chi connectivity index (χ4n) is 2.17. The number of amides is 1. The van der Waals surface area contributed by atoms with Crippen molar-refractivity contribution in [2.45, 2.75) is 0 Å². The van der Waals surface area contributed by atoms with Crippen LogP contribution in [0.1, 0.15) is 10.4 Å². The van der Waals surface area contributed by atoms with Gasteiger partial charge in [0.25, 0.3) is 11.5 Å². The predicted octanol–water partition coefficient (Wildman–Crippen LogP) is 0.830. The highest BCUT2D eigenvalue weighted by Gasteiger charge is 2.16. The summed E-state index contributed by atoms with van der Waals surface area (Å²) in [6.07, 6.45) is 0. The normalized spacial score (nSPS) is 10.8. The van der Waals surface area contributed by atoms with E-state index in [4.69, 9.17) is 0 Å². The molecule has 0 fully saturated rings. The van der Waals surface area contributed by atoms with Gasteiger partial charge in [-0.2, -0.15) is 0 Å². The summed E-state index contributed by atoms with van der Waals surface area (Å²) in [7, 11) is 5.29. The monoisotopic (exact) mass is 273 g/mol. The Morgan fingerprint density at radius 2 is 2.05 bits per heavy atom. The molecule has 0 unspecified atom stereocenters. The van der Waals surface area contributed by atoms with E-state index in [1.165, 1.54) is 6.07 Å². The number of nitrogens with zero attached hydrogens (tertiary/aromatic N) is 2. The first-order chi connectivity index (χ1) is 9.56. The van der Waals surface area contributed by atoms with E-state index in [0.717, 1.165) is 10.9 Å². The molecule has 0 bridgehead atoms. The number of hydrogen-bond donors (Lipinski definition) is 1. The molecule has 0 saturated carbocycles. The number of likely N-dealkylation sites (N-methyl/N-ethyl adjacent to an activating group) is 2. The summed E-state index contributed by atoms with van der Waals surface area (Å²) in [4.78, 5) is 26.1. The Morgan fingerprint density at radius 3 is 2.75 bits per heavy atom. The summed E-state index contributed by atoms with van der Waals surface area (Å²) in [6, 6.07) is 8.87. The number of carbonyl (C=O) groups is 1. The minimum Gasteiger partial charge on any atom is -0.340 e. The molecule has 106 valence electrons.